The van der Waals surface area contributed by atoms with Gasteiger partial charge in [0.2, 0.25) is 5.89 Å². The number of amides is 1. The summed E-state index contributed by atoms with van der Waals surface area (Å²) in [5, 5.41) is 6.23. The summed E-state index contributed by atoms with van der Waals surface area (Å²) >= 11 is 11.7. The summed E-state index contributed by atoms with van der Waals surface area (Å²) in [5.41, 5.74) is 4.48. The zero-order chi connectivity index (χ0) is 24.9. The van der Waals surface area contributed by atoms with Crippen molar-refractivity contribution in [1.29, 1.82) is 0 Å². The van der Waals surface area contributed by atoms with Gasteiger partial charge < -0.3 is 14.5 Å². The number of hydrogen-bond acceptors (Lipinski definition) is 5. The summed E-state index contributed by atoms with van der Waals surface area (Å²) in [6.07, 6.45) is 1.05. The molecule has 0 saturated carbocycles. The maximum atomic E-state index is 12.5. The number of halogens is 1. The molecule has 1 aromatic heterocycles. The van der Waals surface area contributed by atoms with Gasteiger partial charge in [-0.1, -0.05) is 31.5 Å². The third-order valence-corrected chi connectivity index (χ3v) is 6.24. The Balaban J connectivity index is 1.49. The van der Waals surface area contributed by atoms with Gasteiger partial charge in [0, 0.05) is 11.1 Å². The van der Waals surface area contributed by atoms with E-state index in [1.54, 1.807) is 36.4 Å². The number of oxazole rings is 1. The third-order valence-electron chi connectivity index (χ3n) is 5.71. The Morgan fingerprint density at radius 1 is 1.11 bits per heavy atom. The number of benzene rings is 3. The Kier molecular flexibility index (Phi) is 7.68. The lowest BCUT2D eigenvalue weighted by atomic mass is 9.98. The van der Waals surface area contributed by atoms with Crippen molar-refractivity contribution in [2.75, 3.05) is 11.9 Å². The normalized spacial score (nSPS) is 11.8. The summed E-state index contributed by atoms with van der Waals surface area (Å²) in [6.45, 7) is 6.81. The maximum absolute atomic E-state index is 12.5. The zero-order valence-corrected chi connectivity index (χ0v) is 21.3. The molecule has 8 heteroatoms. The van der Waals surface area contributed by atoms with Crippen molar-refractivity contribution in [1.82, 2.24) is 10.3 Å². The van der Waals surface area contributed by atoms with Crippen LogP contribution in [0.1, 0.15) is 49.0 Å². The molecule has 0 aliphatic rings. The van der Waals surface area contributed by atoms with E-state index in [1.165, 1.54) is 5.56 Å². The first-order valence-corrected chi connectivity index (χ1v) is 12.2. The highest BCUT2D eigenvalue weighted by atomic mass is 35.5. The van der Waals surface area contributed by atoms with Crippen molar-refractivity contribution in [2.45, 2.75) is 33.1 Å². The fourth-order valence-corrected chi connectivity index (χ4v) is 3.93. The third kappa shape index (κ3) is 5.81. The number of aromatic nitrogens is 1. The lowest BCUT2D eigenvalue weighted by Crippen LogP contribution is -2.34. The number of nitrogens with one attached hydrogen (secondary N) is 2. The number of ether oxygens (including phenoxy) is 1. The minimum Gasteiger partial charge on any atom is -0.494 e. The number of nitrogens with zero attached hydrogens (tertiary/aromatic N) is 1. The van der Waals surface area contributed by atoms with Crippen LogP contribution < -0.4 is 15.4 Å². The van der Waals surface area contributed by atoms with Crippen LogP contribution in [0.3, 0.4) is 0 Å². The van der Waals surface area contributed by atoms with Crippen molar-refractivity contribution in [2.24, 2.45) is 0 Å². The monoisotopic (exact) mass is 507 g/mol. The average Bonchev–Trinajstić information content (AvgIpc) is 3.29. The molecular formula is C27H26ClN3O3S. The summed E-state index contributed by atoms with van der Waals surface area (Å²) < 4.78 is 11.4. The van der Waals surface area contributed by atoms with Gasteiger partial charge in [0.05, 0.1) is 17.3 Å². The highest BCUT2D eigenvalue weighted by Gasteiger charge is 2.14. The topological polar surface area (TPSA) is 76.4 Å². The fraction of sp³-hybridized carbons (Fsp3) is 0.222. The molecule has 0 aliphatic heterocycles. The van der Waals surface area contributed by atoms with Crippen LogP contribution in [0.5, 0.6) is 5.75 Å². The molecule has 2 N–H and O–H groups in total. The summed E-state index contributed by atoms with van der Waals surface area (Å²) in [6, 6.07) is 18.3. The molecule has 0 bridgehead atoms. The average molecular weight is 508 g/mol. The Bertz CT molecular complexity index is 1370. The first-order chi connectivity index (χ1) is 16.9. The number of hydrogen-bond donors (Lipinski definition) is 2. The second-order valence-corrected chi connectivity index (χ2v) is 8.93. The van der Waals surface area contributed by atoms with Crippen LogP contribution >= 0.6 is 23.8 Å². The zero-order valence-electron chi connectivity index (χ0n) is 19.7. The van der Waals surface area contributed by atoms with Crippen LogP contribution in [-0.4, -0.2) is 22.6 Å². The van der Waals surface area contributed by atoms with Gasteiger partial charge in [-0.15, -0.1) is 0 Å². The Labute approximate surface area is 214 Å². The van der Waals surface area contributed by atoms with Crippen molar-refractivity contribution in [3.05, 3.63) is 76.8 Å². The van der Waals surface area contributed by atoms with Crippen LogP contribution in [0.2, 0.25) is 5.02 Å². The maximum Gasteiger partial charge on any atom is 0.257 e. The second kappa shape index (κ2) is 10.9. The molecule has 180 valence electrons. The van der Waals surface area contributed by atoms with Crippen LogP contribution in [0.4, 0.5) is 5.69 Å². The van der Waals surface area contributed by atoms with Gasteiger partial charge in [-0.05, 0) is 91.6 Å². The molecule has 0 unspecified atom stereocenters. The van der Waals surface area contributed by atoms with Gasteiger partial charge in [0.1, 0.15) is 11.3 Å². The van der Waals surface area contributed by atoms with Gasteiger partial charge in [-0.2, -0.15) is 0 Å². The van der Waals surface area contributed by atoms with E-state index in [9.17, 15) is 4.79 Å². The molecule has 0 aliphatic carbocycles. The molecule has 0 saturated heterocycles. The first kappa shape index (κ1) is 24.7. The van der Waals surface area contributed by atoms with Gasteiger partial charge in [-0.25, -0.2) is 4.98 Å². The van der Waals surface area contributed by atoms with Crippen LogP contribution in [-0.2, 0) is 0 Å². The molecular weight excluding hydrogens is 482 g/mol. The number of thiocarbonyl (C=S) groups is 1. The smallest absolute Gasteiger partial charge is 0.257 e. The molecule has 1 heterocycles. The van der Waals surface area contributed by atoms with Crippen molar-refractivity contribution >= 4 is 51.6 Å². The van der Waals surface area contributed by atoms with Crippen molar-refractivity contribution < 1.29 is 13.9 Å². The molecule has 4 rings (SSSR count). The highest BCUT2D eigenvalue weighted by molar-refractivity contribution is 7.80. The molecule has 4 aromatic rings. The SMILES string of the molecule is CCOc1ccc(C(=O)NC(=S)Nc2cc(-c3nc4cc([C@H](C)CC)ccc4o3)ccc2Cl)cc1. The largest absolute Gasteiger partial charge is 0.494 e. The molecule has 35 heavy (non-hydrogen) atoms. The van der Waals surface area contributed by atoms with Crippen LogP contribution in [0.15, 0.2) is 65.1 Å². The molecule has 0 fully saturated rings. The standard InChI is InChI=1S/C27H26ClN3O3S/c1-4-16(3)18-9-13-24-23(14-18)29-26(34-24)19-8-12-21(28)22(15-19)30-27(35)31-25(32)17-6-10-20(11-7-17)33-5-2/h6-16H,4-5H2,1-3H3,(H2,30,31,32,35)/t16-/m1/s1. The predicted octanol–water partition coefficient (Wildman–Crippen LogP) is 7.19. The van der Waals surface area contributed by atoms with Crippen LogP contribution in [0.25, 0.3) is 22.6 Å². The van der Waals surface area contributed by atoms with E-state index in [4.69, 9.17) is 33.0 Å². The molecule has 6 nitrogen and oxygen atoms in total. The molecule has 0 spiro atoms. The van der Waals surface area contributed by atoms with Gasteiger partial charge >= 0.3 is 0 Å². The second-order valence-electron chi connectivity index (χ2n) is 8.12. The molecule has 3 aromatic carbocycles. The van der Waals surface area contributed by atoms with E-state index in [0.29, 0.717) is 40.4 Å². The van der Waals surface area contributed by atoms with E-state index >= 15 is 0 Å². The number of fused-ring (bicyclic) bond motifs is 1. The number of rotatable bonds is 7. The van der Waals surface area contributed by atoms with E-state index in [-0.39, 0.29) is 11.0 Å². The Morgan fingerprint density at radius 3 is 2.60 bits per heavy atom. The minimum atomic E-state index is -0.339. The Hall–Kier alpha value is -3.42. The quantitative estimate of drug-likeness (QED) is 0.258. The highest BCUT2D eigenvalue weighted by Crippen LogP contribution is 2.31. The summed E-state index contributed by atoms with van der Waals surface area (Å²) in [5.74, 6) is 1.28. The van der Waals surface area contributed by atoms with Gasteiger partial charge in [0.25, 0.3) is 5.91 Å². The van der Waals surface area contributed by atoms with E-state index in [2.05, 4.69) is 41.6 Å². The predicted molar refractivity (Wildman–Crippen MR) is 144 cm³/mol. The summed E-state index contributed by atoms with van der Waals surface area (Å²) in [4.78, 5) is 17.2. The molecule has 0 radical (unpaired) electrons. The van der Waals surface area contributed by atoms with E-state index in [1.807, 2.05) is 19.1 Å². The lowest BCUT2D eigenvalue weighted by molar-refractivity contribution is 0.0977. The number of carbonyl (C=O) groups excluding carboxylic acids is 1. The number of carbonyl (C=O) groups is 1. The number of anilines is 1. The van der Waals surface area contributed by atoms with Gasteiger partial charge in [0.15, 0.2) is 10.7 Å². The lowest BCUT2D eigenvalue weighted by Gasteiger charge is -2.12. The van der Waals surface area contributed by atoms with Crippen molar-refractivity contribution in [3.63, 3.8) is 0 Å². The van der Waals surface area contributed by atoms with Gasteiger partial charge in [-0.3, -0.25) is 10.1 Å². The first-order valence-electron chi connectivity index (χ1n) is 11.4. The van der Waals surface area contributed by atoms with E-state index < -0.39 is 0 Å². The molecule has 1 atom stereocenters. The Morgan fingerprint density at radius 2 is 1.89 bits per heavy atom. The fourth-order valence-electron chi connectivity index (χ4n) is 3.56. The van der Waals surface area contributed by atoms with Crippen molar-refractivity contribution in [3.8, 4) is 17.2 Å². The van der Waals surface area contributed by atoms with E-state index in [0.717, 1.165) is 23.1 Å². The summed E-state index contributed by atoms with van der Waals surface area (Å²) in [7, 11) is 0. The minimum absolute atomic E-state index is 0.124. The molecule has 1 amide bonds. The van der Waals surface area contributed by atoms with Crippen LogP contribution in [0, 0.1) is 0 Å².